The molecule has 0 aliphatic carbocycles. The largest absolute Gasteiger partial charge is 0.338 e. The third-order valence-electron chi connectivity index (χ3n) is 3.32. The predicted octanol–water partition coefficient (Wildman–Crippen LogP) is 1.82. The number of fused-ring (bicyclic) bond motifs is 1. The van der Waals surface area contributed by atoms with E-state index in [1.165, 1.54) is 0 Å². The Hall–Kier alpha value is -1.68. The standard InChI is InChI=1S/C14H18N4/c1-10-8-18(9-11(2)16-10)14-15-7-12-5-3-4-6-13(12)17-14/h3-7,10-11,16H,8-9H2,1-2H3. The van der Waals surface area contributed by atoms with Crippen LogP contribution in [-0.2, 0) is 0 Å². The summed E-state index contributed by atoms with van der Waals surface area (Å²) in [6, 6.07) is 9.06. The molecule has 1 aliphatic heterocycles. The third-order valence-corrected chi connectivity index (χ3v) is 3.32. The summed E-state index contributed by atoms with van der Waals surface area (Å²) in [7, 11) is 0. The minimum Gasteiger partial charge on any atom is -0.338 e. The highest BCUT2D eigenvalue weighted by molar-refractivity contribution is 5.78. The Morgan fingerprint density at radius 2 is 1.89 bits per heavy atom. The summed E-state index contributed by atoms with van der Waals surface area (Å²) in [6.07, 6.45) is 1.91. The monoisotopic (exact) mass is 242 g/mol. The Bertz CT molecular complexity index is 544. The van der Waals surface area contributed by atoms with E-state index in [2.05, 4.69) is 34.0 Å². The highest BCUT2D eigenvalue weighted by Gasteiger charge is 2.22. The van der Waals surface area contributed by atoms with Crippen molar-refractivity contribution in [3.05, 3.63) is 30.5 Å². The number of hydrogen-bond donors (Lipinski definition) is 1. The van der Waals surface area contributed by atoms with E-state index in [9.17, 15) is 0 Å². The van der Waals surface area contributed by atoms with Crippen molar-refractivity contribution in [2.75, 3.05) is 18.0 Å². The van der Waals surface area contributed by atoms with Gasteiger partial charge in [-0.05, 0) is 19.9 Å². The number of nitrogens with one attached hydrogen (secondary N) is 1. The molecule has 0 spiro atoms. The first-order valence-electron chi connectivity index (χ1n) is 6.45. The second-order valence-electron chi connectivity index (χ2n) is 5.10. The molecular formula is C14H18N4. The molecule has 0 amide bonds. The SMILES string of the molecule is CC1CN(c2ncc3ccccc3n2)CC(C)N1. The fourth-order valence-corrected chi connectivity index (χ4v) is 2.60. The zero-order valence-electron chi connectivity index (χ0n) is 10.8. The molecule has 1 aliphatic rings. The summed E-state index contributed by atoms with van der Waals surface area (Å²) in [5, 5.41) is 4.61. The van der Waals surface area contributed by atoms with Gasteiger partial charge >= 0.3 is 0 Å². The van der Waals surface area contributed by atoms with Crippen LogP contribution in [-0.4, -0.2) is 35.1 Å². The zero-order valence-corrected chi connectivity index (χ0v) is 10.8. The highest BCUT2D eigenvalue weighted by atomic mass is 15.3. The Kier molecular flexibility index (Phi) is 2.88. The highest BCUT2D eigenvalue weighted by Crippen LogP contribution is 2.17. The minimum absolute atomic E-state index is 0.476. The van der Waals surface area contributed by atoms with Gasteiger partial charge in [-0.15, -0.1) is 0 Å². The Morgan fingerprint density at radius 1 is 1.17 bits per heavy atom. The molecule has 3 rings (SSSR count). The van der Waals surface area contributed by atoms with Crippen LogP contribution in [0.4, 0.5) is 5.95 Å². The maximum atomic E-state index is 4.65. The lowest BCUT2D eigenvalue weighted by atomic mass is 10.1. The molecular weight excluding hydrogens is 224 g/mol. The molecule has 2 heterocycles. The molecule has 1 fully saturated rings. The molecule has 0 saturated carbocycles. The maximum absolute atomic E-state index is 4.65. The van der Waals surface area contributed by atoms with Crippen LogP contribution < -0.4 is 10.2 Å². The molecule has 94 valence electrons. The molecule has 4 heteroatoms. The van der Waals surface area contributed by atoms with Crippen molar-refractivity contribution in [3.63, 3.8) is 0 Å². The summed E-state index contributed by atoms with van der Waals surface area (Å²) in [4.78, 5) is 11.4. The van der Waals surface area contributed by atoms with E-state index < -0.39 is 0 Å². The summed E-state index contributed by atoms with van der Waals surface area (Å²) < 4.78 is 0. The van der Waals surface area contributed by atoms with Gasteiger partial charge in [-0.2, -0.15) is 0 Å². The van der Waals surface area contributed by atoms with Crippen molar-refractivity contribution >= 4 is 16.9 Å². The number of anilines is 1. The second-order valence-corrected chi connectivity index (χ2v) is 5.10. The lowest BCUT2D eigenvalue weighted by molar-refractivity contribution is 0.403. The molecule has 4 nitrogen and oxygen atoms in total. The quantitative estimate of drug-likeness (QED) is 0.828. The number of nitrogens with zero attached hydrogens (tertiary/aromatic N) is 3. The number of para-hydroxylation sites is 1. The first kappa shape index (κ1) is 11.4. The van der Waals surface area contributed by atoms with Crippen LogP contribution >= 0.6 is 0 Å². The van der Waals surface area contributed by atoms with Gasteiger partial charge in [0.25, 0.3) is 0 Å². The van der Waals surface area contributed by atoms with Crippen LogP contribution in [0.5, 0.6) is 0 Å². The normalized spacial score (nSPS) is 24.4. The lowest BCUT2D eigenvalue weighted by Crippen LogP contribution is -2.54. The predicted molar refractivity (Wildman–Crippen MR) is 73.8 cm³/mol. The number of aromatic nitrogens is 2. The van der Waals surface area contributed by atoms with E-state index in [1.54, 1.807) is 0 Å². The number of piperazine rings is 1. The van der Waals surface area contributed by atoms with Gasteiger partial charge in [0.2, 0.25) is 5.95 Å². The minimum atomic E-state index is 0.476. The second kappa shape index (κ2) is 4.53. The topological polar surface area (TPSA) is 41.1 Å². The van der Waals surface area contributed by atoms with Gasteiger partial charge in [0.05, 0.1) is 5.52 Å². The van der Waals surface area contributed by atoms with Crippen LogP contribution in [0.2, 0.25) is 0 Å². The summed E-state index contributed by atoms with van der Waals surface area (Å²) in [5.41, 5.74) is 1.02. The van der Waals surface area contributed by atoms with Crippen LogP contribution in [0.3, 0.4) is 0 Å². The maximum Gasteiger partial charge on any atom is 0.225 e. The fraction of sp³-hybridized carbons (Fsp3) is 0.429. The van der Waals surface area contributed by atoms with E-state index in [4.69, 9.17) is 0 Å². The first-order valence-corrected chi connectivity index (χ1v) is 6.45. The Labute approximate surface area is 107 Å². The molecule has 1 aromatic heterocycles. The van der Waals surface area contributed by atoms with E-state index in [0.29, 0.717) is 12.1 Å². The van der Waals surface area contributed by atoms with Crippen molar-refractivity contribution in [3.8, 4) is 0 Å². The summed E-state index contributed by atoms with van der Waals surface area (Å²) in [5.74, 6) is 0.842. The zero-order chi connectivity index (χ0) is 12.5. The Balaban J connectivity index is 1.93. The van der Waals surface area contributed by atoms with Crippen molar-refractivity contribution in [2.45, 2.75) is 25.9 Å². The van der Waals surface area contributed by atoms with Gasteiger partial charge in [-0.3, -0.25) is 0 Å². The molecule has 0 bridgehead atoms. The number of benzene rings is 1. The lowest BCUT2D eigenvalue weighted by Gasteiger charge is -2.36. The molecule has 1 aromatic carbocycles. The smallest absolute Gasteiger partial charge is 0.225 e. The van der Waals surface area contributed by atoms with Crippen LogP contribution in [0.25, 0.3) is 10.9 Å². The third kappa shape index (κ3) is 2.16. The molecule has 2 atom stereocenters. The van der Waals surface area contributed by atoms with E-state index >= 15 is 0 Å². The van der Waals surface area contributed by atoms with Crippen LogP contribution in [0, 0.1) is 0 Å². The van der Waals surface area contributed by atoms with Crippen molar-refractivity contribution in [1.82, 2.24) is 15.3 Å². The Morgan fingerprint density at radius 3 is 2.67 bits per heavy atom. The average molecular weight is 242 g/mol. The van der Waals surface area contributed by atoms with Gasteiger partial charge < -0.3 is 10.2 Å². The van der Waals surface area contributed by atoms with Gasteiger partial charge in [0.15, 0.2) is 0 Å². The number of hydrogen-bond acceptors (Lipinski definition) is 4. The van der Waals surface area contributed by atoms with Gasteiger partial charge in [-0.25, -0.2) is 9.97 Å². The van der Waals surface area contributed by atoms with E-state index in [1.807, 2.05) is 30.5 Å². The molecule has 1 N–H and O–H groups in total. The average Bonchev–Trinajstić information content (AvgIpc) is 2.37. The molecule has 2 unspecified atom stereocenters. The van der Waals surface area contributed by atoms with Gasteiger partial charge in [-0.1, -0.05) is 18.2 Å². The van der Waals surface area contributed by atoms with E-state index in [0.717, 1.165) is 29.9 Å². The van der Waals surface area contributed by atoms with Crippen LogP contribution in [0.1, 0.15) is 13.8 Å². The molecule has 2 aromatic rings. The molecule has 1 saturated heterocycles. The van der Waals surface area contributed by atoms with Gasteiger partial charge in [0.1, 0.15) is 0 Å². The molecule has 0 radical (unpaired) electrons. The van der Waals surface area contributed by atoms with Crippen LogP contribution in [0.15, 0.2) is 30.5 Å². The van der Waals surface area contributed by atoms with E-state index in [-0.39, 0.29) is 0 Å². The first-order chi connectivity index (χ1) is 8.72. The van der Waals surface area contributed by atoms with Crippen molar-refractivity contribution in [2.24, 2.45) is 0 Å². The van der Waals surface area contributed by atoms with Crippen molar-refractivity contribution < 1.29 is 0 Å². The van der Waals surface area contributed by atoms with Crippen molar-refractivity contribution in [1.29, 1.82) is 0 Å². The summed E-state index contributed by atoms with van der Waals surface area (Å²) >= 11 is 0. The summed E-state index contributed by atoms with van der Waals surface area (Å²) in [6.45, 7) is 6.32. The number of rotatable bonds is 1. The van der Waals surface area contributed by atoms with Gasteiger partial charge in [0, 0.05) is 36.8 Å². The fourth-order valence-electron chi connectivity index (χ4n) is 2.60. The molecule has 18 heavy (non-hydrogen) atoms.